The first-order chi connectivity index (χ1) is 11.3. The summed E-state index contributed by atoms with van der Waals surface area (Å²) >= 11 is 0. The minimum absolute atomic E-state index is 0.427. The molecule has 2 aromatic rings. The van der Waals surface area contributed by atoms with Gasteiger partial charge in [0.15, 0.2) is 5.96 Å². The molecule has 0 amide bonds. The third-order valence-electron chi connectivity index (χ3n) is 3.23. The normalized spacial score (nSPS) is 11.2. The molecule has 120 valence electrons. The quantitative estimate of drug-likeness (QED) is 0.448. The summed E-state index contributed by atoms with van der Waals surface area (Å²) < 4.78 is 5.76. The summed E-state index contributed by atoms with van der Waals surface area (Å²) in [6.45, 7) is 5.98. The van der Waals surface area contributed by atoms with Crippen LogP contribution >= 0.6 is 0 Å². The Balaban J connectivity index is 1.83. The molecule has 0 aliphatic carbocycles. The van der Waals surface area contributed by atoms with Gasteiger partial charge in [-0.1, -0.05) is 60.7 Å². The molecule has 4 nitrogen and oxygen atoms in total. The van der Waals surface area contributed by atoms with Crippen LogP contribution in [0.2, 0.25) is 0 Å². The number of aliphatic imine (C=N–C) groups is 1. The summed E-state index contributed by atoms with van der Waals surface area (Å²) in [5, 5.41) is 2.95. The standard InChI is InChI=1S/C19H23N3O/c1-2-11-21-19(20)22-13-17-9-6-10-18(12-17)15-23-14-16-7-4-3-5-8-16/h2-10,12H,1,11,13-15H2,(H3,20,21,22). The lowest BCUT2D eigenvalue weighted by Crippen LogP contribution is -2.31. The van der Waals surface area contributed by atoms with E-state index in [1.54, 1.807) is 6.08 Å². The van der Waals surface area contributed by atoms with Crippen molar-refractivity contribution in [3.63, 3.8) is 0 Å². The molecular formula is C19H23N3O. The van der Waals surface area contributed by atoms with Crippen LogP contribution in [0.4, 0.5) is 0 Å². The molecule has 0 atom stereocenters. The van der Waals surface area contributed by atoms with Gasteiger partial charge < -0.3 is 15.8 Å². The van der Waals surface area contributed by atoms with Crippen molar-refractivity contribution in [2.75, 3.05) is 6.54 Å². The number of hydrogen-bond acceptors (Lipinski definition) is 2. The lowest BCUT2D eigenvalue weighted by Gasteiger charge is -2.07. The topological polar surface area (TPSA) is 59.6 Å². The highest BCUT2D eigenvalue weighted by atomic mass is 16.5. The van der Waals surface area contributed by atoms with E-state index in [2.05, 4.69) is 41.2 Å². The smallest absolute Gasteiger partial charge is 0.189 e. The lowest BCUT2D eigenvalue weighted by molar-refractivity contribution is 0.107. The van der Waals surface area contributed by atoms with Crippen LogP contribution in [-0.4, -0.2) is 12.5 Å². The maximum absolute atomic E-state index is 5.76. The Morgan fingerprint density at radius 1 is 1.04 bits per heavy atom. The maximum atomic E-state index is 5.76. The molecule has 0 radical (unpaired) electrons. The fourth-order valence-electron chi connectivity index (χ4n) is 2.09. The van der Waals surface area contributed by atoms with E-state index in [4.69, 9.17) is 10.5 Å². The number of ether oxygens (including phenoxy) is 1. The number of nitrogens with two attached hydrogens (primary N) is 1. The average Bonchev–Trinajstić information content (AvgIpc) is 2.59. The van der Waals surface area contributed by atoms with Gasteiger partial charge in [0.25, 0.3) is 0 Å². The molecule has 0 aliphatic rings. The molecule has 2 aromatic carbocycles. The van der Waals surface area contributed by atoms with Gasteiger partial charge in [0, 0.05) is 6.54 Å². The number of nitrogens with one attached hydrogen (secondary N) is 1. The second kappa shape index (κ2) is 9.43. The molecule has 4 heteroatoms. The number of hydrogen-bond donors (Lipinski definition) is 2. The molecule has 0 heterocycles. The Labute approximate surface area is 137 Å². The summed E-state index contributed by atoms with van der Waals surface area (Å²) in [6, 6.07) is 18.3. The van der Waals surface area contributed by atoms with E-state index in [1.165, 1.54) is 5.56 Å². The lowest BCUT2D eigenvalue weighted by atomic mass is 10.1. The fraction of sp³-hybridized carbons (Fsp3) is 0.211. The molecule has 0 bridgehead atoms. The third kappa shape index (κ3) is 6.36. The average molecular weight is 309 g/mol. The second-order valence-corrected chi connectivity index (χ2v) is 5.17. The summed E-state index contributed by atoms with van der Waals surface area (Å²) in [4.78, 5) is 4.30. The van der Waals surface area contributed by atoms with Gasteiger partial charge in [0.05, 0.1) is 19.8 Å². The van der Waals surface area contributed by atoms with E-state index >= 15 is 0 Å². The van der Waals surface area contributed by atoms with Crippen LogP contribution in [-0.2, 0) is 24.5 Å². The van der Waals surface area contributed by atoms with E-state index in [-0.39, 0.29) is 0 Å². The first kappa shape index (κ1) is 16.8. The molecule has 3 N–H and O–H groups in total. The van der Waals surface area contributed by atoms with Gasteiger partial charge in [-0.3, -0.25) is 0 Å². The molecule has 0 saturated heterocycles. The van der Waals surface area contributed by atoms with Crippen molar-refractivity contribution in [1.29, 1.82) is 0 Å². The van der Waals surface area contributed by atoms with Crippen molar-refractivity contribution in [3.05, 3.63) is 83.9 Å². The molecule has 0 unspecified atom stereocenters. The van der Waals surface area contributed by atoms with Crippen molar-refractivity contribution in [2.24, 2.45) is 10.7 Å². The van der Waals surface area contributed by atoms with Crippen LogP contribution in [0.3, 0.4) is 0 Å². The van der Waals surface area contributed by atoms with Crippen LogP contribution < -0.4 is 11.1 Å². The van der Waals surface area contributed by atoms with Gasteiger partial charge in [-0.15, -0.1) is 6.58 Å². The summed E-state index contributed by atoms with van der Waals surface area (Å²) in [6.07, 6.45) is 1.74. The van der Waals surface area contributed by atoms with E-state index in [1.807, 2.05) is 30.3 Å². The molecule has 2 rings (SSSR count). The van der Waals surface area contributed by atoms with E-state index in [0.29, 0.717) is 32.3 Å². The highest BCUT2D eigenvalue weighted by molar-refractivity contribution is 5.77. The van der Waals surface area contributed by atoms with Crippen LogP contribution in [0.5, 0.6) is 0 Å². The van der Waals surface area contributed by atoms with E-state index in [0.717, 1.165) is 11.1 Å². The van der Waals surface area contributed by atoms with E-state index < -0.39 is 0 Å². The van der Waals surface area contributed by atoms with Crippen molar-refractivity contribution in [3.8, 4) is 0 Å². The molecule has 0 aliphatic heterocycles. The maximum Gasteiger partial charge on any atom is 0.189 e. The predicted molar refractivity (Wildman–Crippen MR) is 94.9 cm³/mol. The zero-order valence-electron chi connectivity index (χ0n) is 13.2. The minimum Gasteiger partial charge on any atom is -0.372 e. The Morgan fingerprint density at radius 2 is 1.74 bits per heavy atom. The number of rotatable bonds is 8. The van der Waals surface area contributed by atoms with Gasteiger partial charge in [0.2, 0.25) is 0 Å². The Bertz CT molecular complexity index is 638. The summed E-state index contributed by atoms with van der Waals surface area (Å²) in [7, 11) is 0. The van der Waals surface area contributed by atoms with Crippen molar-refractivity contribution < 1.29 is 4.74 Å². The number of nitrogens with zero attached hydrogens (tertiary/aromatic N) is 1. The van der Waals surface area contributed by atoms with Crippen molar-refractivity contribution in [2.45, 2.75) is 19.8 Å². The molecule has 0 aromatic heterocycles. The minimum atomic E-state index is 0.427. The highest BCUT2D eigenvalue weighted by Gasteiger charge is 1.98. The van der Waals surface area contributed by atoms with Crippen molar-refractivity contribution >= 4 is 5.96 Å². The largest absolute Gasteiger partial charge is 0.372 e. The summed E-state index contributed by atoms with van der Waals surface area (Å²) in [5.74, 6) is 0.427. The summed E-state index contributed by atoms with van der Waals surface area (Å²) in [5.41, 5.74) is 9.17. The molecular weight excluding hydrogens is 286 g/mol. The monoisotopic (exact) mass is 309 g/mol. The van der Waals surface area contributed by atoms with Gasteiger partial charge in [0.1, 0.15) is 0 Å². The van der Waals surface area contributed by atoms with Crippen LogP contribution in [0.1, 0.15) is 16.7 Å². The molecule has 0 fully saturated rings. The van der Waals surface area contributed by atoms with Crippen LogP contribution in [0.25, 0.3) is 0 Å². The second-order valence-electron chi connectivity index (χ2n) is 5.17. The first-order valence-corrected chi connectivity index (χ1v) is 7.62. The van der Waals surface area contributed by atoms with Gasteiger partial charge in [-0.05, 0) is 16.7 Å². The first-order valence-electron chi connectivity index (χ1n) is 7.62. The Kier molecular flexibility index (Phi) is 6.88. The SMILES string of the molecule is C=CCNC(N)=NCc1cccc(COCc2ccccc2)c1. The van der Waals surface area contributed by atoms with Crippen LogP contribution in [0, 0.1) is 0 Å². The highest BCUT2D eigenvalue weighted by Crippen LogP contribution is 2.09. The van der Waals surface area contributed by atoms with Crippen molar-refractivity contribution in [1.82, 2.24) is 5.32 Å². The van der Waals surface area contributed by atoms with Gasteiger partial charge in [-0.25, -0.2) is 4.99 Å². The predicted octanol–water partition coefficient (Wildman–Crippen LogP) is 2.99. The third-order valence-corrected chi connectivity index (χ3v) is 3.23. The molecule has 23 heavy (non-hydrogen) atoms. The zero-order valence-corrected chi connectivity index (χ0v) is 13.2. The zero-order chi connectivity index (χ0) is 16.3. The van der Waals surface area contributed by atoms with Gasteiger partial charge in [-0.2, -0.15) is 0 Å². The molecule has 0 spiro atoms. The van der Waals surface area contributed by atoms with Gasteiger partial charge >= 0.3 is 0 Å². The molecule has 0 saturated carbocycles. The van der Waals surface area contributed by atoms with Crippen LogP contribution in [0.15, 0.2) is 72.2 Å². The Morgan fingerprint density at radius 3 is 2.52 bits per heavy atom. The number of guanidine groups is 1. The Hall–Kier alpha value is -2.59. The number of benzene rings is 2. The van der Waals surface area contributed by atoms with E-state index in [9.17, 15) is 0 Å². The fourth-order valence-corrected chi connectivity index (χ4v) is 2.09.